The zero-order valence-electron chi connectivity index (χ0n) is 9.73. The van der Waals surface area contributed by atoms with Crippen LogP contribution in [0.5, 0.6) is 0 Å². The number of imide groups is 2. The summed E-state index contributed by atoms with van der Waals surface area (Å²) in [7, 11) is 0. The van der Waals surface area contributed by atoms with Crippen molar-refractivity contribution in [3.05, 3.63) is 29.3 Å². The topological polar surface area (TPSA) is 66.5 Å². The van der Waals surface area contributed by atoms with Gasteiger partial charge in [-0.3, -0.25) is 14.9 Å². The number of fused-ring (bicyclic) bond motifs is 1. The van der Waals surface area contributed by atoms with Crippen LogP contribution in [0.25, 0.3) is 0 Å². The Labute approximate surface area is 104 Å². The average molecular weight is 244 g/mol. The summed E-state index contributed by atoms with van der Waals surface area (Å²) >= 11 is 0. The van der Waals surface area contributed by atoms with Crippen LogP contribution in [0.3, 0.4) is 0 Å². The van der Waals surface area contributed by atoms with Gasteiger partial charge in [0.25, 0.3) is 0 Å². The molecule has 5 heteroatoms. The summed E-state index contributed by atoms with van der Waals surface area (Å²) in [5.74, 6) is -1.65. The lowest BCUT2D eigenvalue weighted by Gasteiger charge is -2.22. The first-order chi connectivity index (χ1) is 8.68. The van der Waals surface area contributed by atoms with E-state index < -0.39 is 17.8 Å². The van der Waals surface area contributed by atoms with Gasteiger partial charge in [-0.25, -0.2) is 9.69 Å². The van der Waals surface area contributed by atoms with Crippen LogP contribution in [0.2, 0.25) is 0 Å². The third-order valence-corrected chi connectivity index (χ3v) is 3.43. The molecule has 1 aromatic carbocycles. The summed E-state index contributed by atoms with van der Waals surface area (Å²) in [4.78, 5) is 35.5. The molecule has 0 bridgehead atoms. The monoisotopic (exact) mass is 244 g/mol. The number of aryl methyl sites for hydroxylation is 1. The molecule has 18 heavy (non-hydrogen) atoms. The van der Waals surface area contributed by atoms with Crippen LogP contribution < -0.4 is 10.2 Å². The molecule has 5 nitrogen and oxygen atoms in total. The van der Waals surface area contributed by atoms with Crippen LogP contribution in [-0.2, 0) is 22.4 Å². The van der Waals surface area contributed by atoms with Crippen molar-refractivity contribution in [1.82, 2.24) is 5.32 Å². The quantitative estimate of drug-likeness (QED) is 0.595. The molecule has 0 radical (unpaired) electrons. The number of amides is 4. The number of nitrogens with zero attached hydrogens (tertiary/aromatic N) is 1. The van der Waals surface area contributed by atoms with Crippen molar-refractivity contribution in [2.45, 2.75) is 25.7 Å². The number of anilines is 1. The van der Waals surface area contributed by atoms with Gasteiger partial charge < -0.3 is 0 Å². The van der Waals surface area contributed by atoms with Gasteiger partial charge in [-0.05, 0) is 42.9 Å². The van der Waals surface area contributed by atoms with Crippen molar-refractivity contribution in [1.29, 1.82) is 0 Å². The van der Waals surface area contributed by atoms with E-state index in [0.29, 0.717) is 5.69 Å². The number of benzene rings is 1. The lowest BCUT2D eigenvalue weighted by atomic mass is 9.90. The van der Waals surface area contributed by atoms with E-state index in [4.69, 9.17) is 0 Å². The fourth-order valence-corrected chi connectivity index (χ4v) is 2.59. The van der Waals surface area contributed by atoms with E-state index >= 15 is 0 Å². The minimum atomic E-state index is -0.853. The molecule has 92 valence electrons. The molecule has 0 aromatic heterocycles. The van der Waals surface area contributed by atoms with Gasteiger partial charge in [-0.2, -0.15) is 0 Å². The highest BCUT2D eigenvalue weighted by Crippen LogP contribution is 2.31. The predicted molar refractivity (Wildman–Crippen MR) is 64.1 cm³/mol. The van der Waals surface area contributed by atoms with Gasteiger partial charge in [0.15, 0.2) is 0 Å². The molecule has 0 saturated carbocycles. The normalized spacial score (nSPS) is 18.9. The fourth-order valence-electron chi connectivity index (χ4n) is 2.59. The zero-order chi connectivity index (χ0) is 12.7. The highest BCUT2D eigenvalue weighted by atomic mass is 16.2. The van der Waals surface area contributed by atoms with E-state index in [0.717, 1.165) is 36.1 Å². The lowest BCUT2D eigenvalue weighted by molar-refractivity contribution is -0.134. The fraction of sp³-hybridized carbons (Fsp3) is 0.308. The van der Waals surface area contributed by atoms with E-state index in [2.05, 4.69) is 0 Å². The molecule has 1 aromatic rings. The van der Waals surface area contributed by atoms with Crippen LogP contribution in [0.4, 0.5) is 10.5 Å². The maximum absolute atomic E-state index is 11.7. The van der Waals surface area contributed by atoms with Crippen molar-refractivity contribution in [3.63, 3.8) is 0 Å². The number of carbonyl (C=O) groups excluding carboxylic acids is 3. The summed E-state index contributed by atoms with van der Waals surface area (Å²) < 4.78 is 0. The van der Waals surface area contributed by atoms with Gasteiger partial charge in [0.2, 0.25) is 0 Å². The van der Waals surface area contributed by atoms with Gasteiger partial charge in [-0.1, -0.05) is 12.1 Å². The molecule has 1 fully saturated rings. The van der Waals surface area contributed by atoms with E-state index in [-0.39, 0.29) is 0 Å². The molecule has 0 atom stereocenters. The van der Waals surface area contributed by atoms with Crippen LogP contribution in [0, 0.1) is 0 Å². The SMILES string of the molecule is O=C1NC(=O)N(c2cccc3c2CCCC3)C1=O. The Balaban J connectivity index is 2.10. The second-order valence-corrected chi connectivity index (χ2v) is 4.52. The molecule has 0 spiro atoms. The van der Waals surface area contributed by atoms with Gasteiger partial charge in [0.1, 0.15) is 0 Å². The number of urea groups is 1. The first-order valence-electron chi connectivity index (χ1n) is 5.98. The Kier molecular flexibility index (Phi) is 2.40. The van der Waals surface area contributed by atoms with Crippen molar-refractivity contribution in [2.24, 2.45) is 0 Å². The van der Waals surface area contributed by atoms with Crippen LogP contribution in [0.15, 0.2) is 18.2 Å². The number of hydrogen-bond donors (Lipinski definition) is 1. The van der Waals surface area contributed by atoms with Gasteiger partial charge in [0, 0.05) is 0 Å². The Morgan fingerprint density at radius 3 is 2.56 bits per heavy atom. The number of rotatable bonds is 1. The summed E-state index contributed by atoms with van der Waals surface area (Å²) in [5.41, 5.74) is 2.74. The average Bonchev–Trinajstić information content (AvgIpc) is 2.63. The largest absolute Gasteiger partial charge is 0.336 e. The highest BCUT2D eigenvalue weighted by Gasteiger charge is 2.39. The maximum Gasteiger partial charge on any atom is 0.336 e. The van der Waals surface area contributed by atoms with Crippen LogP contribution in [0.1, 0.15) is 24.0 Å². The van der Waals surface area contributed by atoms with Gasteiger partial charge in [-0.15, -0.1) is 0 Å². The predicted octanol–water partition coefficient (Wildman–Crippen LogP) is 1.15. The molecular formula is C13H12N2O3. The zero-order valence-corrected chi connectivity index (χ0v) is 9.73. The third kappa shape index (κ3) is 1.51. The Morgan fingerprint density at radius 1 is 1.06 bits per heavy atom. The Hall–Kier alpha value is -2.17. The molecule has 1 heterocycles. The smallest absolute Gasteiger partial charge is 0.269 e. The van der Waals surface area contributed by atoms with Crippen LogP contribution >= 0.6 is 0 Å². The highest BCUT2D eigenvalue weighted by molar-refractivity contribution is 6.53. The van der Waals surface area contributed by atoms with Crippen molar-refractivity contribution in [3.8, 4) is 0 Å². The second kappa shape index (κ2) is 3.94. The molecule has 3 rings (SSSR count). The summed E-state index contributed by atoms with van der Waals surface area (Å²) in [6.45, 7) is 0. The molecule has 2 aliphatic rings. The molecule has 4 amide bonds. The minimum Gasteiger partial charge on any atom is -0.269 e. The molecule has 1 aliphatic carbocycles. The molecule has 0 unspecified atom stereocenters. The Morgan fingerprint density at radius 2 is 1.83 bits per heavy atom. The maximum atomic E-state index is 11.7. The van der Waals surface area contributed by atoms with Crippen molar-refractivity contribution in [2.75, 3.05) is 4.90 Å². The molecule has 1 saturated heterocycles. The molecule has 1 N–H and O–H groups in total. The summed E-state index contributed by atoms with van der Waals surface area (Å²) in [5, 5.41) is 2.02. The van der Waals surface area contributed by atoms with E-state index in [9.17, 15) is 14.4 Å². The second-order valence-electron chi connectivity index (χ2n) is 4.52. The van der Waals surface area contributed by atoms with Gasteiger partial charge in [0.05, 0.1) is 5.69 Å². The number of nitrogens with one attached hydrogen (secondary N) is 1. The van der Waals surface area contributed by atoms with Crippen molar-refractivity contribution >= 4 is 23.5 Å². The van der Waals surface area contributed by atoms with E-state index in [1.807, 2.05) is 17.4 Å². The van der Waals surface area contributed by atoms with Gasteiger partial charge >= 0.3 is 17.8 Å². The number of carbonyl (C=O) groups is 3. The standard InChI is InChI=1S/C13H12N2O3/c16-11-12(17)15(13(18)14-11)10-7-3-5-8-4-1-2-6-9(8)10/h3,5,7H,1-2,4,6H2,(H,14,16,18). The third-order valence-electron chi connectivity index (χ3n) is 3.43. The molecular weight excluding hydrogens is 232 g/mol. The van der Waals surface area contributed by atoms with Crippen LogP contribution in [-0.4, -0.2) is 17.8 Å². The summed E-state index contributed by atoms with van der Waals surface area (Å²) in [6, 6.07) is 4.91. The Bertz CT molecular complexity index is 565. The van der Waals surface area contributed by atoms with E-state index in [1.54, 1.807) is 6.07 Å². The van der Waals surface area contributed by atoms with E-state index in [1.165, 1.54) is 5.56 Å². The number of hydrogen-bond acceptors (Lipinski definition) is 3. The first kappa shape index (κ1) is 11.0. The first-order valence-corrected chi connectivity index (χ1v) is 5.98. The summed E-state index contributed by atoms with van der Waals surface area (Å²) in [6.07, 6.45) is 3.97. The lowest BCUT2D eigenvalue weighted by Crippen LogP contribution is -2.32. The molecule has 1 aliphatic heterocycles. The van der Waals surface area contributed by atoms with Crippen molar-refractivity contribution < 1.29 is 14.4 Å². The minimum absolute atomic E-state index is 0.556.